The van der Waals surface area contributed by atoms with Gasteiger partial charge in [-0.3, -0.25) is 0 Å². The molecule has 0 heterocycles. The van der Waals surface area contributed by atoms with Crippen LogP contribution in [-0.4, -0.2) is 27.7 Å². The van der Waals surface area contributed by atoms with E-state index in [2.05, 4.69) is 0 Å². The third-order valence-corrected chi connectivity index (χ3v) is 3.87. The molecule has 0 bridgehead atoms. The van der Waals surface area contributed by atoms with Crippen molar-refractivity contribution in [1.29, 1.82) is 0 Å². The topological polar surface area (TPSA) is 60.7 Å². The second-order valence-corrected chi connectivity index (χ2v) is 6.50. The lowest BCUT2D eigenvalue weighted by molar-refractivity contribution is -0.261. The summed E-state index contributed by atoms with van der Waals surface area (Å²) in [4.78, 5) is 0. The van der Waals surface area contributed by atoms with Gasteiger partial charge in [-0.15, -0.1) is 0 Å². The molecule has 0 radical (unpaired) electrons. The zero-order chi connectivity index (χ0) is 19.4. The molecular formula is C15H18F6O3. The van der Waals surface area contributed by atoms with Crippen molar-refractivity contribution in [3.8, 4) is 0 Å². The maximum absolute atomic E-state index is 13.0. The van der Waals surface area contributed by atoms with Gasteiger partial charge >= 0.3 is 12.4 Å². The van der Waals surface area contributed by atoms with Crippen LogP contribution in [0.4, 0.5) is 26.3 Å². The van der Waals surface area contributed by atoms with Crippen LogP contribution >= 0.6 is 0 Å². The van der Waals surface area contributed by atoms with Gasteiger partial charge in [0.05, 0.1) is 5.60 Å². The summed E-state index contributed by atoms with van der Waals surface area (Å²) in [5.41, 5.74) is -10.9. The smallest absolute Gasteiger partial charge is 0.386 e. The molecule has 0 saturated carbocycles. The molecule has 3 nitrogen and oxygen atoms in total. The zero-order valence-electron chi connectivity index (χ0n) is 13.3. The summed E-state index contributed by atoms with van der Waals surface area (Å²) in [6, 6.07) is 1.93. The summed E-state index contributed by atoms with van der Waals surface area (Å²) in [6.45, 7) is 3.06. The number of halogens is 6. The summed E-state index contributed by atoms with van der Waals surface area (Å²) in [6.07, 6.45) is -10.3. The molecule has 0 aliphatic carbocycles. The standard InChI is InChI=1S/C15H18F6O3/c1-11(2,22)8-5-9(12(3,23)14(16,17)18)7-10(6-8)13(4,24)15(19,20)21/h5-7,22-24H,1-4H3. The number of aliphatic hydroxyl groups is 3. The first-order valence-electron chi connectivity index (χ1n) is 6.79. The van der Waals surface area contributed by atoms with Gasteiger partial charge in [-0.05, 0) is 62.6 Å². The van der Waals surface area contributed by atoms with Gasteiger partial charge in [-0.1, -0.05) is 0 Å². The normalized spacial score (nSPS) is 18.9. The van der Waals surface area contributed by atoms with Crippen molar-refractivity contribution in [3.05, 3.63) is 34.9 Å². The Hall–Kier alpha value is -1.32. The zero-order valence-corrected chi connectivity index (χ0v) is 13.3. The molecule has 0 amide bonds. The van der Waals surface area contributed by atoms with E-state index in [9.17, 15) is 41.7 Å². The van der Waals surface area contributed by atoms with Gasteiger partial charge in [-0.25, -0.2) is 0 Å². The van der Waals surface area contributed by atoms with Crippen molar-refractivity contribution >= 4 is 0 Å². The molecule has 0 aromatic heterocycles. The molecular weight excluding hydrogens is 342 g/mol. The molecule has 2 unspecified atom stereocenters. The lowest BCUT2D eigenvalue weighted by Crippen LogP contribution is -2.42. The largest absolute Gasteiger partial charge is 0.421 e. The van der Waals surface area contributed by atoms with Gasteiger partial charge < -0.3 is 15.3 Å². The second kappa shape index (κ2) is 5.60. The molecule has 0 fully saturated rings. The fraction of sp³-hybridized carbons (Fsp3) is 0.600. The molecule has 3 N–H and O–H groups in total. The Morgan fingerprint density at radius 3 is 1.04 bits per heavy atom. The van der Waals surface area contributed by atoms with E-state index < -0.39 is 40.3 Å². The number of hydrogen-bond acceptors (Lipinski definition) is 3. The summed E-state index contributed by atoms with van der Waals surface area (Å²) in [5.74, 6) is 0. The molecule has 1 aromatic carbocycles. The van der Waals surface area contributed by atoms with E-state index in [1.54, 1.807) is 0 Å². The van der Waals surface area contributed by atoms with Crippen LogP contribution in [0.1, 0.15) is 44.4 Å². The van der Waals surface area contributed by atoms with Crippen LogP contribution in [0, 0.1) is 0 Å². The highest BCUT2D eigenvalue weighted by Gasteiger charge is 2.54. The third kappa shape index (κ3) is 3.68. The fourth-order valence-electron chi connectivity index (χ4n) is 1.87. The van der Waals surface area contributed by atoms with Crippen molar-refractivity contribution in [2.24, 2.45) is 0 Å². The third-order valence-electron chi connectivity index (χ3n) is 3.87. The molecule has 0 saturated heterocycles. The molecule has 24 heavy (non-hydrogen) atoms. The van der Waals surface area contributed by atoms with E-state index in [1.807, 2.05) is 0 Å². The van der Waals surface area contributed by atoms with Crippen LogP contribution in [0.25, 0.3) is 0 Å². The highest BCUT2D eigenvalue weighted by Crippen LogP contribution is 2.44. The Labute approximate surface area is 134 Å². The van der Waals surface area contributed by atoms with Crippen LogP contribution < -0.4 is 0 Å². The van der Waals surface area contributed by atoms with Crippen molar-refractivity contribution < 1.29 is 41.7 Å². The van der Waals surface area contributed by atoms with E-state index in [-0.39, 0.29) is 5.56 Å². The summed E-state index contributed by atoms with van der Waals surface area (Å²) < 4.78 is 78.1. The van der Waals surface area contributed by atoms with E-state index >= 15 is 0 Å². The van der Waals surface area contributed by atoms with Crippen LogP contribution in [-0.2, 0) is 16.8 Å². The maximum Gasteiger partial charge on any atom is 0.421 e. The second-order valence-electron chi connectivity index (χ2n) is 6.50. The Bertz CT molecular complexity index is 565. The monoisotopic (exact) mass is 360 g/mol. The number of rotatable bonds is 3. The molecule has 2 atom stereocenters. The van der Waals surface area contributed by atoms with E-state index in [0.717, 1.165) is 26.0 Å². The fourth-order valence-corrected chi connectivity index (χ4v) is 1.87. The predicted octanol–water partition coefficient (Wildman–Crippen LogP) is 3.45. The summed E-state index contributed by atoms with van der Waals surface area (Å²) in [7, 11) is 0. The molecule has 1 rings (SSSR count). The van der Waals surface area contributed by atoms with Gasteiger partial charge in [0, 0.05) is 0 Å². The van der Waals surface area contributed by atoms with Crippen LogP contribution in [0.2, 0.25) is 0 Å². The van der Waals surface area contributed by atoms with Crippen molar-refractivity contribution in [2.45, 2.75) is 56.9 Å². The molecule has 9 heteroatoms. The lowest BCUT2D eigenvalue weighted by Gasteiger charge is -2.32. The Balaban J connectivity index is 3.75. The predicted molar refractivity (Wildman–Crippen MR) is 72.9 cm³/mol. The van der Waals surface area contributed by atoms with Crippen molar-refractivity contribution in [2.75, 3.05) is 0 Å². The van der Waals surface area contributed by atoms with Gasteiger partial charge in [0.15, 0.2) is 11.2 Å². The van der Waals surface area contributed by atoms with Crippen LogP contribution in [0.3, 0.4) is 0 Å². The van der Waals surface area contributed by atoms with Gasteiger partial charge in [-0.2, -0.15) is 26.3 Å². The Morgan fingerprint density at radius 1 is 0.583 bits per heavy atom. The minimum Gasteiger partial charge on any atom is -0.386 e. The first-order chi connectivity index (χ1) is 10.3. The van der Waals surface area contributed by atoms with E-state index in [1.165, 1.54) is 0 Å². The van der Waals surface area contributed by atoms with Crippen LogP contribution in [0.5, 0.6) is 0 Å². The van der Waals surface area contributed by atoms with Crippen LogP contribution in [0.15, 0.2) is 18.2 Å². The van der Waals surface area contributed by atoms with Crippen molar-refractivity contribution in [1.82, 2.24) is 0 Å². The van der Waals surface area contributed by atoms with Gasteiger partial charge in [0.2, 0.25) is 0 Å². The average Bonchev–Trinajstić information content (AvgIpc) is 2.34. The number of alkyl halides is 6. The molecule has 1 aromatic rings. The SMILES string of the molecule is CC(C)(O)c1cc(C(C)(O)C(F)(F)F)cc(C(C)(O)C(F)(F)F)c1. The van der Waals surface area contributed by atoms with E-state index in [0.29, 0.717) is 19.9 Å². The molecule has 138 valence electrons. The van der Waals surface area contributed by atoms with Gasteiger partial charge in [0.25, 0.3) is 0 Å². The molecule has 0 aliphatic rings. The molecule has 0 spiro atoms. The summed E-state index contributed by atoms with van der Waals surface area (Å²) in [5, 5.41) is 29.4. The highest BCUT2D eigenvalue weighted by atomic mass is 19.4. The Kier molecular flexibility index (Phi) is 4.84. The first kappa shape index (κ1) is 20.7. The lowest BCUT2D eigenvalue weighted by atomic mass is 9.83. The quantitative estimate of drug-likeness (QED) is 0.724. The molecule has 0 aliphatic heterocycles. The Morgan fingerprint density at radius 2 is 0.833 bits per heavy atom. The number of benzene rings is 1. The minimum absolute atomic E-state index is 0.316. The highest BCUT2D eigenvalue weighted by molar-refractivity contribution is 5.39. The van der Waals surface area contributed by atoms with E-state index in [4.69, 9.17) is 0 Å². The number of hydrogen-bond donors (Lipinski definition) is 3. The van der Waals surface area contributed by atoms with Crippen molar-refractivity contribution in [3.63, 3.8) is 0 Å². The first-order valence-corrected chi connectivity index (χ1v) is 6.79. The summed E-state index contributed by atoms with van der Waals surface area (Å²) >= 11 is 0. The average molecular weight is 360 g/mol. The minimum atomic E-state index is -5.17. The van der Waals surface area contributed by atoms with Gasteiger partial charge in [0.1, 0.15) is 0 Å². The maximum atomic E-state index is 13.0.